The van der Waals surface area contributed by atoms with E-state index >= 15 is 0 Å². The molecule has 0 saturated heterocycles. The van der Waals surface area contributed by atoms with Gasteiger partial charge in [-0.1, -0.05) is 50.7 Å². The molecule has 0 radical (unpaired) electrons. The molecule has 4 aromatic rings. The fourth-order valence-corrected chi connectivity index (χ4v) is 5.45. The standard InChI is InChI=1S/C27H31N7OS/c1-27(2,3)25-33-32-24(36-25)23(35)14-18-8-6-5-7-17-13-19(9-10-21(17)18)22-11-12-28-26(31-22)30-20-15-29-34(4)16-20/h9-13,15-16,18H,5-8,14H2,1-4H3,(H,28,30,31). The third-order valence-corrected chi connectivity index (χ3v) is 7.87. The molecule has 9 heteroatoms. The van der Waals surface area contributed by atoms with E-state index in [1.165, 1.54) is 22.5 Å². The van der Waals surface area contributed by atoms with Gasteiger partial charge in [0.1, 0.15) is 5.01 Å². The second kappa shape index (κ2) is 9.89. The maximum Gasteiger partial charge on any atom is 0.227 e. The summed E-state index contributed by atoms with van der Waals surface area (Å²) >= 11 is 1.43. The molecule has 36 heavy (non-hydrogen) atoms. The van der Waals surface area contributed by atoms with E-state index < -0.39 is 0 Å². The molecule has 3 heterocycles. The Morgan fingerprint density at radius 2 is 2.06 bits per heavy atom. The van der Waals surface area contributed by atoms with Crippen LogP contribution in [-0.2, 0) is 18.9 Å². The van der Waals surface area contributed by atoms with Gasteiger partial charge in [0.05, 0.1) is 17.6 Å². The number of carbonyl (C=O) groups excluding carboxylic acids is 1. The van der Waals surface area contributed by atoms with Gasteiger partial charge < -0.3 is 5.32 Å². The van der Waals surface area contributed by atoms with Crippen molar-refractivity contribution in [1.29, 1.82) is 0 Å². The number of nitrogens with one attached hydrogen (secondary N) is 1. The van der Waals surface area contributed by atoms with Crippen molar-refractivity contribution in [2.24, 2.45) is 7.05 Å². The molecule has 3 aromatic heterocycles. The summed E-state index contributed by atoms with van der Waals surface area (Å²) in [6.07, 6.45) is 10.1. The molecule has 5 rings (SSSR count). The van der Waals surface area contributed by atoms with E-state index in [-0.39, 0.29) is 17.1 Å². The van der Waals surface area contributed by atoms with Gasteiger partial charge in [-0.2, -0.15) is 5.10 Å². The Hall–Kier alpha value is -3.46. The molecular weight excluding hydrogens is 470 g/mol. The first-order chi connectivity index (χ1) is 17.3. The third-order valence-electron chi connectivity index (χ3n) is 6.48. The second-order valence-electron chi connectivity index (χ2n) is 10.4. The van der Waals surface area contributed by atoms with E-state index in [1.807, 2.05) is 19.3 Å². The largest absolute Gasteiger partial charge is 0.321 e. The number of rotatable bonds is 6. The van der Waals surface area contributed by atoms with Crippen molar-refractivity contribution >= 4 is 28.8 Å². The highest BCUT2D eigenvalue weighted by molar-refractivity contribution is 7.13. The van der Waals surface area contributed by atoms with E-state index in [0.717, 1.165) is 47.6 Å². The van der Waals surface area contributed by atoms with E-state index in [4.69, 9.17) is 4.98 Å². The van der Waals surface area contributed by atoms with Crippen LogP contribution in [0.4, 0.5) is 11.6 Å². The third kappa shape index (κ3) is 5.36. The minimum atomic E-state index is -0.101. The minimum absolute atomic E-state index is 0.0897. The van der Waals surface area contributed by atoms with Crippen molar-refractivity contribution in [3.05, 3.63) is 64.0 Å². The van der Waals surface area contributed by atoms with Crippen LogP contribution >= 0.6 is 11.3 Å². The number of nitrogens with zero attached hydrogens (tertiary/aromatic N) is 6. The number of hydrogen-bond acceptors (Lipinski definition) is 8. The monoisotopic (exact) mass is 501 g/mol. The van der Waals surface area contributed by atoms with Crippen LogP contribution in [0.5, 0.6) is 0 Å². The van der Waals surface area contributed by atoms with Gasteiger partial charge in [-0.05, 0) is 48.4 Å². The van der Waals surface area contributed by atoms with Gasteiger partial charge in [0, 0.05) is 36.8 Å². The van der Waals surface area contributed by atoms with Crippen molar-refractivity contribution in [2.45, 2.75) is 64.2 Å². The molecule has 1 atom stereocenters. The molecule has 1 aromatic carbocycles. The molecule has 1 aliphatic rings. The number of aromatic nitrogens is 6. The summed E-state index contributed by atoms with van der Waals surface area (Å²) in [4.78, 5) is 22.2. The maximum atomic E-state index is 13.1. The zero-order valence-electron chi connectivity index (χ0n) is 21.2. The normalized spacial score (nSPS) is 15.8. The Balaban J connectivity index is 1.36. The first kappa shape index (κ1) is 24.2. The predicted octanol–water partition coefficient (Wildman–Crippen LogP) is 5.85. The van der Waals surface area contributed by atoms with Gasteiger partial charge in [-0.3, -0.25) is 9.48 Å². The van der Waals surface area contributed by atoms with Crippen LogP contribution in [0.25, 0.3) is 11.3 Å². The smallest absolute Gasteiger partial charge is 0.227 e. The molecule has 1 N–H and O–H groups in total. The SMILES string of the molecule is Cn1cc(Nc2nccc(-c3ccc4c(c3)CCCCC4CC(=O)c3nnc(C(C)(C)C)s3)n2)cn1. The van der Waals surface area contributed by atoms with Crippen LogP contribution in [0.2, 0.25) is 0 Å². The lowest BCUT2D eigenvalue weighted by molar-refractivity contribution is 0.0971. The van der Waals surface area contributed by atoms with Crippen LogP contribution in [0, 0.1) is 0 Å². The molecule has 0 fully saturated rings. The van der Waals surface area contributed by atoms with Gasteiger partial charge in [0.2, 0.25) is 5.95 Å². The second-order valence-corrected chi connectivity index (χ2v) is 11.4. The fraction of sp³-hybridized carbons (Fsp3) is 0.407. The first-order valence-electron chi connectivity index (χ1n) is 12.4. The molecule has 8 nitrogen and oxygen atoms in total. The molecule has 0 aliphatic heterocycles. The number of carbonyl (C=O) groups is 1. The highest BCUT2D eigenvalue weighted by atomic mass is 32.1. The van der Waals surface area contributed by atoms with Gasteiger partial charge >= 0.3 is 0 Å². The molecule has 0 spiro atoms. The van der Waals surface area contributed by atoms with Crippen molar-refractivity contribution in [3.8, 4) is 11.3 Å². The van der Waals surface area contributed by atoms with Crippen LogP contribution in [0.3, 0.4) is 0 Å². The zero-order chi connectivity index (χ0) is 25.3. The van der Waals surface area contributed by atoms with Crippen molar-refractivity contribution in [1.82, 2.24) is 29.9 Å². The highest BCUT2D eigenvalue weighted by Gasteiger charge is 2.26. The van der Waals surface area contributed by atoms with Crippen LogP contribution in [0.15, 0.2) is 42.9 Å². The summed E-state index contributed by atoms with van der Waals surface area (Å²) in [5, 5.41) is 17.3. The summed E-state index contributed by atoms with van der Waals surface area (Å²) in [6, 6.07) is 8.46. The summed E-state index contributed by atoms with van der Waals surface area (Å²) in [5.74, 6) is 0.816. The Morgan fingerprint density at radius 3 is 2.81 bits per heavy atom. The number of ketones is 1. The molecule has 186 valence electrons. The number of aryl methyl sites for hydroxylation is 2. The Bertz CT molecular complexity index is 1380. The summed E-state index contributed by atoms with van der Waals surface area (Å²) in [6.45, 7) is 6.28. The van der Waals surface area contributed by atoms with Gasteiger partial charge in [-0.15, -0.1) is 10.2 Å². The summed E-state index contributed by atoms with van der Waals surface area (Å²) in [5.41, 5.74) is 5.23. The number of hydrogen-bond donors (Lipinski definition) is 1. The Kier molecular flexibility index (Phi) is 6.66. The van der Waals surface area contributed by atoms with Crippen molar-refractivity contribution < 1.29 is 4.79 Å². The quantitative estimate of drug-likeness (QED) is 0.261. The van der Waals surface area contributed by atoms with Crippen LogP contribution in [-0.4, -0.2) is 35.7 Å². The average Bonchev–Trinajstić information content (AvgIpc) is 3.46. The lowest BCUT2D eigenvalue weighted by Crippen LogP contribution is -2.10. The Morgan fingerprint density at radius 1 is 1.19 bits per heavy atom. The predicted molar refractivity (Wildman–Crippen MR) is 142 cm³/mol. The Labute approximate surface area is 215 Å². The lowest BCUT2D eigenvalue weighted by Gasteiger charge is -2.17. The van der Waals surface area contributed by atoms with Crippen molar-refractivity contribution in [3.63, 3.8) is 0 Å². The minimum Gasteiger partial charge on any atom is -0.321 e. The molecule has 0 saturated carbocycles. The number of fused-ring (bicyclic) bond motifs is 1. The van der Waals surface area contributed by atoms with E-state index in [1.54, 1.807) is 17.1 Å². The number of anilines is 2. The van der Waals surface area contributed by atoms with E-state index in [9.17, 15) is 4.79 Å². The topological polar surface area (TPSA) is 98.5 Å². The molecule has 0 amide bonds. The average molecular weight is 502 g/mol. The van der Waals surface area contributed by atoms with Crippen LogP contribution in [0.1, 0.15) is 78.3 Å². The molecular formula is C27H31N7OS. The molecule has 1 unspecified atom stereocenters. The number of benzene rings is 1. The van der Waals surface area contributed by atoms with E-state index in [0.29, 0.717) is 17.4 Å². The first-order valence-corrected chi connectivity index (χ1v) is 13.2. The molecule has 0 bridgehead atoms. The van der Waals surface area contributed by atoms with Gasteiger partial charge in [0.25, 0.3) is 0 Å². The molecule has 1 aliphatic carbocycles. The fourth-order valence-electron chi connectivity index (χ4n) is 4.60. The lowest BCUT2D eigenvalue weighted by atomic mass is 9.87. The highest BCUT2D eigenvalue weighted by Crippen LogP contribution is 2.36. The summed E-state index contributed by atoms with van der Waals surface area (Å²) < 4.78 is 1.73. The maximum absolute atomic E-state index is 13.1. The summed E-state index contributed by atoms with van der Waals surface area (Å²) in [7, 11) is 1.87. The van der Waals surface area contributed by atoms with E-state index in [2.05, 4.69) is 64.6 Å². The number of Topliss-reactive ketones (excluding diaryl/α,β-unsaturated/α-hetero) is 1. The van der Waals surface area contributed by atoms with Crippen LogP contribution < -0.4 is 5.32 Å². The van der Waals surface area contributed by atoms with Crippen molar-refractivity contribution in [2.75, 3.05) is 5.32 Å². The van der Waals surface area contributed by atoms with Gasteiger partial charge in [0.15, 0.2) is 10.8 Å². The zero-order valence-corrected chi connectivity index (χ0v) is 22.0. The van der Waals surface area contributed by atoms with Gasteiger partial charge in [-0.25, -0.2) is 9.97 Å².